The van der Waals surface area contributed by atoms with Gasteiger partial charge in [-0.05, 0) is 37.8 Å². The van der Waals surface area contributed by atoms with Gasteiger partial charge in [-0.2, -0.15) is 0 Å². The quantitative estimate of drug-likeness (QED) is 0.798. The van der Waals surface area contributed by atoms with Gasteiger partial charge >= 0.3 is 0 Å². The number of hydrogen-bond acceptors (Lipinski definition) is 3. The van der Waals surface area contributed by atoms with Crippen LogP contribution in [0.4, 0.5) is 0 Å². The zero-order valence-corrected chi connectivity index (χ0v) is 12.9. The maximum atomic E-state index is 12.9. The van der Waals surface area contributed by atoms with Crippen molar-refractivity contribution >= 4 is 17.4 Å². The molecule has 0 N–H and O–H groups in total. The Bertz CT molecular complexity index is 562. The lowest BCUT2D eigenvalue weighted by Crippen LogP contribution is -2.37. The van der Waals surface area contributed by atoms with Crippen molar-refractivity contribution < 1.29 is 9.53 Å². The maximum absolute atomic E-state index is 12.9. The van der Waals surface area contributed by atoms with E-state index in [1.54, 1.807) is 6.07 Å². The van der Waals surface area contributed by atoms with Crippen LogP contribution in [0, 0.1) is 0 Å². The van der Waals surface area contributed by atoms with Crippen LogP contribution in [-0.4, -0.2) is 37.0 Å². The van der Waals surface area contributed by atoms with Gasteiger partial charge in [-0.3, -0.25) is 4.79 Å². The van der Waals surface area contributed by atoms with Gasteiger partial charge in [0.05, 0.1) is 18.2 Å². The Balaban J connectivity index is 1.94. The van der Waals surface area contributed by atoms with Gasteiger partial charge in [0.25, 0.3) is 0 Å². The molecule has 0 atom stereocenters. The predicted molar refractivity (Wildman–Crippen MR) is 83.7 cm³/mol. The second-order valence-electron chi connectivity index (χ2n) is 5.54. The highest BCUT2D eigenvalue weighted by Crippen LogP contribution is 2.31. The van der Waals surface area contributed by atoms with Gasteiger partial charge in [-0.1, -0.05) is 23.7 Å². The van der Waals surface area contributed by atoms with Crippen molar-refractivity contribution in [3.63, 3.8) is 0 Å². The smallest absolute Gasteiger partial charge is 0.192 e. The first-order valence-corrected chi connectivity index (χ1v) is 7.99. The normalized spacial score (nSPS) is 19.8. The Morgan fingerprint density at radius 1 is 1.10 bits per heavy atom. The molecule has 0 spiro atoms. The summed E-state index contributed by atoms with van der Waals surface area (Å²) in [7, 11) is 0. The molecule has 0 radical (unpaired) electrons. The van der Waals surface area contributed by atoms with Crippen LogP contribution >= 0.6 is 11.6 Å². The number of ether oxygens (including phenoxy) is 1. The molecule has 0 saturated carbocycles. The summed E-state index contributed by atoms with van der Waals surface area (Å²) in [5.41, 5.74) is 2.80. The van der Waals surface area contributed by atoms with Gasteiger partial charge < -0.3 is 9.64 Å². The molecule has 4 heteroatoms. The number of carbonyl (C=O) groups is 1. The molecule has 1 aromatic carbocycles. The van der Waals surface area contributed by atoms with E-state index in [0.29, 0.717) is 10.6 Å². The summed E-state index contributed by atoms with van der Waals surface area (Å²) < 4.78 is 5.42. The number of morpholine rings is 1. The fourth-order valence-electron chi connectivity index (χ4n) is 3.12. The Kier molecular flexibility index (Phi) is 4.61. The fraction of sp³-hybridized carbons (Fsp3) is 0.471. The minimum absolute atomic E-state index is 0.0989. The number of nitrogens with zero attached hydrogens (tertiary/aromatic N) is 1. The highest BCUT2D eigenvalue weighted by atomic mass is 35.5. The third-order valence-electron chi connectivity index (χ3n) is 4.22. The first-order valence-electron chi connectivity index (χ1n) is 7.61. The molecule has 1 heterocycles. The number of ketones is 1. The summed E-state index contributed by atoms with van der Waals surface area (Å²) in [6.45, 7) is 3.26. The molecule has 1 fully saturated rings. The Labute approximate surface area is 130 Å². The molecular formula is C17H20ClNO2. The fourth-order valence-corrected chi connectivity index (χ4v) is 3.35. The zero-order valence-electron chi connectivity index (χ0n) is 12.1. The van der Waals surface area contributed by atoms with E-state index >= 15 is 0 Å². The maximum Gasteiger partial charge on any atom is 0.192 e. The van der Waals surface area contributed by atoms with E-state index in [1.807, 2.05) is 18.2 Å². The summed E-state index contributed by atoms with van der Waals surface area (Å²) in [6, 6.07) is 7.34. The van der Waals surface area contributed by atoms with Gasteiger partial charge in [-0.25, -0.2) is 0 Å². The monoisotopic (exact) mass is 305 g/mol. The van der Waals surface area contributed by atoms with Crippen LogP contribution in [-0.2, 0) is 4.74 Å². The largest absolute Gasteiger partial charge is 0.378 e. The Morgan fingerprint density at radius 2 is 1.81 bits per heavy atom. The van der Waals surface area contributed by atoms with Crippen LogP contribution in [0.25, 0.3) is 0 Å². The summed E-state index contributed by atoms with van der Waals surface area (Å²) in [6.07, 6.45) is 4.09. The summed E-state index contributed by atoms with van der Waals surface area (Å²) in [5, 5.41) is 0.543. The van der Waals surface area contributed by atoms with E-state index in [0.717, 1.165) is 57.6 Å². The second-order valence-corrected chi connectivity index (χ2v) is 5.95. The Hall–Kier alpha value is -1.32. The molecule has 1 aliphatic heterocycles. The minimum atomic E-state index is 0.0989. The van der Waals surface area contributed by atoms with Gasteiger partial charge in [0.15, 0.2) is 5.78 Å². The molecule has 0 amide bonds. The number of halogens is 1. The molecule has 21 heavy (non-hydrogen) atoms. The lowest BCUT2D eigenvalue weighted by Gasteiger charge is -2.34. The number of allylic oxidation sites excluding steroid dienone is 2. The van der Waals surface area contributed by atoms with Crippen molar-refractivity contribution in [2.24, 2.45) is 0 Å². The number of benzene rings is 1. The van der Waals surface area contributed by atoms with Crippen LogP contribution in [0.2, 0.25) is 5.02 Å². The van der Waals surface area contributed by atoms with Crippen molar-refractivity contribution in [1.29, 1.82) is 0 Å². The zero-order chi connectivity index (χ0) is 14.7. The molecule has 0 aromatic heterocycles. The first kappa shape index (κ1) is 14.6. The van der Waals surface area contributed by atoms with Gasteiger partial charge in [0.1, 0.15) is 0 Å². The average molecular weight is 306 g/mol. The van der Waals surface area contributed by atoms with Gasteiger partial charge in [0, 0.05) is 29.9 Å². The van der Waals surface area contributed by atoms with Crippen molar-refractivity contribution in [2.45, 2.75) is 25.7 Å². The van der Waals surface area contributed by atoms with Crippen molar-refractivity contribution in [3.8, 4) is 0 Å². The lowest BCUT2D eigenvalue weighted by atomic mass is 9.89. The molecule has 2 aliphatic rings. The van der Waals surface area contributed by atoms with Crippen molar-refractivity contribution in [1.82, 2.24) is 4.90 Å². The standard InChI is InChI=1S/C17H20ClNO2/c18-15-7-3-1-5-13(15)17(20)14-6-2-4-8-16(14)19-9-11-21-12-10-19/h1,3,5,7H,2,4,6,8-12H2. The molecule has 1 aromatic rings. The SMILES string of the molecule is O=C(C1=C(N2CCOCC2)CCCC1)c1ccccc1Cl. The first-order chi connectivity index (χ1) is 10.3. The molecule has 1 aliphatic carbocycles. The number of Topliss-reactive ketones (excluding diaryl/α,β-unsaturated/α-hetero) is 1. The number of carbonyl (C=O) groups excluding carboxylic acids is 1. The van der Waals surface area contributed by atoms with E-state index in [2.05, 4.69) is 4.90 Å². The third-order valence-corrected chi connectivity index (χ3v) is 4.55. The second kappa shape index (κ2) is 6.63. The summed E-state index contributed by atoms with van der Waals surface area (Å²) in [5.74, 6) is 0.0989. The molecule has 0 bridgehead atoms. The third kappa shape index (κ3) is 3.14. The topological polar surface area (TPSA) is 29.5 Å². The Morgan fingerprint density at radius 3 is 2.57 bits per heavy atom. The molecule has 0 unspecified atom stereocenters. The molecule has 3 rings (SSSR count). The van der Waals surface area contributed by atoms with E-state index in [1.165, 1.54) is 5.70 Å². The minimum Gasteiger partial charge on any atom is -0.378 e. The van der Waals surface area contributed by atoms with E-state index in [4.69, 9.17) is 16.3 Å². The van der Waals surface area contributed by atoms with E-state index in [9.17, 15) is 4.79 Å². The average Bonchev–Trinajstić information content (AvgIpc) is 2.55. The van der Waals surface area contributed by atoms with Crippen molar-refractivity contribution in [3.05, 3.63) is 46.1 Å². The number of rotatable bonds is 3. The number of hydrogen-bond donors (Lipinski definition) is 0. The van der Waals surface area contributed by atoms with E-state index < -0.39 is 0 Å². The highest BCUT2D eigenvalue weighted by molar-refractivity contribution is 6.35. The molecule has 1 saturated heterocycles. The van der Waals surface area contributed by atoms with Crippen LogP contribution in [0.1, 0.15) is 36.0 Å². The van der Waals surface area contributed by atoms with E-state index in [-0.39, 0.29) is 5.78 Å². The summed E-state index contributed by atoms with van der Waals surface area (Å²) >= 11 is 6.19. The van der Waals surface area contributed by atoms with Gasteiger partial charge in [0.2, 0.25) is 0 Å². The lowest BCUT2D eigenvalue weighted by molar-refractivity contribution is 0.0503. The van der Waals surface area contributed by atoms with Gasteiger partial charge in [-0.15, -0.1) is 0 Å². The molecule has 112 valence electrons. The van der Waals surface area contributed by atoms with Crippen LogP contribution in [0.5, 0.6) is 0 Å². The van der Waals surface area contributed by atoms with Crippen LogP contribution in [0.15, 0.2) is 35.5 Å². The molecular weight excluding hydrogens is 286 g/mol. The molecule has 3 nitrogen and oxygen atoms in total. The van der Waals surface area contributed by atoms with Crippen LogP contribution < -0.4 is 0 Å². The summed E-state index contributed by atoms with van der Waals surface area (Å²) in [4.78, 5) is 15.2. The predicted octanol–water partition coefficient (Wildman–Crippen LogP) is 3.68. The van der Waals surface area contributed by atoms with Crippen molar-refractivity contribution in [2.75, 3.05) is 26.3 Å². The van der Waals surface area contributed by atoms with Crippen LogP contribution in [0.3, 0.4) is 0 Å². The highest BCUT2D eigenvalue weighted by Gasteiger charge is 2.25.